The van der Waals surface area contributed by atoms with Gasteiger partial charge in [-0.25, -0.2) is 0 Å². The van der Waals surface area contributed by atoms with Gasteiger partial charge in [0.2, 0.25) is 11.8 Å². The van der Waals surface area contributed by atoms with Gasteiger partial charge in [0.05, 0.1) is 5.92 Å². The van der Waals surface area contributed by atoms with Gasteiger partial charge in [-0.15, -0.1) is 0 Å². The number of rotatable bonds is 5. The van der Waals surface area contributed by atoms with E-state index in [2.05, 4.69) is 13.8 Å². The summed E-state index contributed by atoms with van der Waals surface area (Å²) in [5, 5.41) is 0. The summed E-state index contributed by atoms with van der Waals surface area (Å²) in [5.41, 5.74) is 5.96. The molecule has 2 rings (SSSR count). The molecule has 2 unspecified atom stereocenters. The van der Waals surface area contributed by atoms with Crippen molar-refractivity contribution in [2.75, 3.05) is 19.6 Å². The zero-order chi connectivity index (χ0) is 16.3. The monoisotopic (exact) mass is 309 g/mol. The fourth-order valence-electron chi connectivity index (χ4n) is 3.88. The number of hydrogen-bond donors (Lipinski definition) is 1. The molecule has 0 aromatic heterocycles. The van der Waals surface area contributed by atoms with Crippen molar-refractivity contribution in [1.29, 1.82) is 0 Å². The number of nitrogens with two attached hydrogens (primary N) is 1. The van der Waals surface area contributed by atoms with E-state index in [1.807, 2.05) is 16.7 Å². The van der Waals surface area contributed by atoms with Crippen LogP contribution in [0.5, 0.6) is 0 Å². The van der Waals surface area contributed by atoms with Gasteiger partial charge in [-0.2, -0.15) is 0 Å². The molecule has 2 amide bonds. The van der Waals surface area contributed by atoms with E-state index in [9.17, 15) is 9.59 Å². The lowest BCUT2D eigenvalue weighted by Crippen LogP contribution is -2.45. The van der Waals surface area contributed by atoms with Crippen LogP contribution in [-0.2, 0) is 9.59 Å². The molecule has 2 aliphatic rings. The highest BCUT2D eigenvalue weighted by Gasteiger charge is 2.39. The third-order valence-electron chi connectivity index (χ3n) is 5.49. The zero-order valence-corrected chi connectivity index (χ0v) is 14.3. The van der Waals surface area contributed by atoms with E-state index < -0.39 is 0 Å². The van der Waals surface area contributed by atoms with Crippen LogP contribution in [-0.4, -0.2) is 53.3 Å². The Morgan fingerprint density at radius 2 is 1.86 bits per heavy atom. The first-order valence-electron chi connectivity index (χ1n) is 8.81. The lowest BCUT2D eigenvalue weighted by atomic mass is 9.90. The van der Waals surface area contributed by atoms with Gasteiger partial charge in [0.15, 0.2) is 0 Å². The molecule has 2 atom stereocenters. The van der Waals surface area contributed by atoms with E-state index in [1.165, 1.54) is 0 Å². The molecule has 22 heavy (non-hydrogen) atoms. The van der Waals surface area contributed by atoms with Gasteiger partial charge in [-0.3, -0.25) is 9.59 Å². The summed E-state index contributed by atoms with van der Waals surface area (Å²) in [6.07, 6.45) is 4.29. The van der Waals surface area contributed by atoms with Crippen molar-refractivity contribution in [2.45, 2.75) is 65.0 Å². The minimum absolute atomic E-state index is 0.139. The van der Waals surface area contributed by atoms with Crippen molar-refractivity contribution >= 4 is 11.8 Å². The summed E-state index contributed by atoms with van der Waals surface area (Å²) in [7, 11) is 0. The molecule has 2 fully saturated rings. The minimum atomic E-state index is -0.139. The average Bonchev–Trinajstić information content (AvgIpc) is 2.90. The summed E-state index contributed by atoms with van der Waals surface area (Å²) < 4.78 is 0. The molecule has 0 aromatic rings. The molecular weight excluding hydrogens is 278 g/mol. The van der Waals surface area contributed by atoms with Crippen molar-refractivity contribution in [3.05, 3.63) is 0 Å². The van der Waals surface area contributed by atoms with E-state index in [1.54, 1.807) is 0 Å². The summed E-state index contributed by atoms with van der Waals surface area (Å²) in [4.78, 5) is 28.8. The first-order valence-corrected chi connectivity index (χ1v) is 8.81. The van der Waals surface area contributed by atoms with Crippen molar-refractivity contribution in [1.82, 2.24) is 9.80 Å². The summed E-state index contributed by atoms with van der Waals surface area (Å²) in [5.74, 6) is 0.706. The topological polar surface area (TPSA) is 66.6 Å². The van der Waals surface area contributed by atoms with Crippen LogP contribution in [0.4, 0.5) is 0 Å². The van der Waals surface area contributed by atoms with E-state index in [-0.39, 0.29) is 29.8 Å². The Balaban J connectivity index is 1.90. The molecule has 126 valence electrons. The van der Waals surface area contributed by atoms with Crippen molar-refractivity contribution < 1.29 is 9.59 Å². The summed E-state index contributed by atoms with van der Waals surface area (Å²) in [6, 6.07) is 0.491. The summed E-state index contributed by atoms with van der Waals surface area (Å²) in [6.45, 7) is 8.45. The second-order valence-corrected chi connectivity index (χ2v) is 6.94. The Hall–Kier alpha value is -1.10. The van der Waals surface area contributed by atoms with Crippen LogP contribution in [0.1, 0.15) is 52.9 Å². The Labute approximate surface area is 134 Å². The third kappa shape index (κ3) is 3.62. The molecule has 2 N–H and O–H groups in total. The molecule has 2 saturated heterocycles. The second kappa shape index (κ2) is 7.44. The molecule has 0 spiro atoms. The first kappa shape index (κ1) is 17.3. The van der Waals surface area contributed by atoms with Gasteiger partial charge in [-0.05, 0) is 38.5 Å². The van der Waals surface area contributed by atoms with Gasteiger partial charge >= 0.3 is 0 Å². The van der Waals surface area contributed by atoms with Gasteiger partial charge in [-0.1, -0.05) is 13.8 Å². The van der Waals surface area contributed by atoms with Gasteiger partial charge in [0.25, 0.3) is 0 Å². The zero-order valence-electron chi connectivity index (χ0n) is 14.3. The first-order chi connectivity index (χ1) is 10.5. The molecule has 0 saturated carbocycles. The van der Waals surface area contributed by atoms with Crippen LogP contribution in [0.2, 0.25) is 0 Å². The Morgan fingerprint density at radius 3 is 2.36 bits per heavy atom. The largest absolute Gasteiger partial charge is 0.342 e. The molecule has 2 aliphatic heterocycles. The number of carbonyl (C=O) groups excluding carboxylic acids is 2. The van der Waals surface area contributed by atoms with E-state index >= 15 is 0 Å². The maximum absolute atomic E-state index is 12.7. The van der Waals surface area contributed by atoms with E-state index in [0.717, 1.165) is 38.8 Å². The highest BCUT2D eigenvalue weighted by Crippen LogP contribution is 2.27. The second-order valence-electron chi connectivity index (χ2n) is 6.94. The smallest absolute Gasteiger partial charge is 0.227 e. The maximum Gasteiger partial charge on any atom is 0.227 e. The molecule has 0 aromatic carbocycles. The number of carbonyl (C=O) groups is 2. The molecule has 0 aliphatic carbocycles. The van der Waals surface area contributed by atoms with Crippen molar-refractivity contribution in [3.8, 4) is 0 Å². The number of likely N-dealkylation sites (tertiary alicyclic amines) is 2. The average molecular weight is 309 g/mol. The Kier molecular flexibility index (Phi) is 5.84. The SMILES string of the molecule is CCC(CC)N1CC(C(=O)N2CCC(C(C)N)CC2)CC1=O. The molecule has 0 radical (unpaired) electrons. The minimum Gasteiger partial charge on any atom is -0.342 e. The number of hydrogen-bond acceptors (Lipinski definition) is 3. The molecule has 5 nitrogen and oxygen atoms in total. The number of nitrogens with zero attached hydrogens (tertiary/aromatic N) is 2. The van der Waals surface area contributed by atoms with Crippen LogP contribution < -0.4 is 5.73 Å². The fraction of sp³-hybridized carbons (Fsp3) is 0.882. The predicted octanol–water partition coefficient (Wildman–Crippen LogP) is 1.61. The van der Waals surface area contributed by atoms with E-state index in [4.69, 9.17) is 5.73 Å². The van der Waals surface area contributed by atoms with Gasteiger partial charge < -0.3 is 15.5 Å². The number of piperidine rings is 1. The highest BCUT2D eigenvalue weighted by molar-refractivity contribution is 5.89. The van der Waals surface area contributed by atoms with Crippen molar-refractivity contribution in [2.24, 2.45) is 17.6 Å². The lowest BCUT2D eigenvalue weighted by molar-refractivity contribution is -0.137. The van der Waals surface area contributed by atoms with Crippen LogP contribution >= 0.6 is 0 Å². The van der Waals surface area contributed by atoms with Gasteiger partial charge in [0.1, 0.15) is 0 Å². The molecule has 0 bridgehead atoms. The summed E-state index contributed by atoms with van der Waals surface area (Å²) >= 11 is 0. The van der Waals surface area contributed by atoms with Crippen LogP contribution in [0.25, 0.3) is 0 Å². The Bertz CT molecular complexity index is 399. The normalized spacial score (nSPS) is 25.1. The van der Waals surface area contributed by atoms with Crippen LogP contribution in [0.3, 0.4) is 0 Å². The van der Waals surface area contributed by atoms with E-state index in [0.29, 0.717) is 18.9 Å². The highest BCUT2D eigenvalue weighted by atomic mass is 16.2. The predicted molar refractivity (Wildman–Crippen MR) is 87.1 cm³/mol. The quantitative estimate of drug-likeness (QED) is 0.839. The Morgan fingerprint density at radius 1 is 1.27 bits per heavy atom. The fourth-order valence-corrected chi connectivity index (χ4v) is 3.88. The maximum atomic E-state index is 12.7. The van der Waals surface area contributed by atoms with Gasteiger partial charge in [0, 0.05) is 38.1 Å². The molecular formula is C17H31N3O2. The lowest BCUT2D eigenvalue weighted by Gasteiger charge is -2.35. The third-order valence-corrected chi connectivity index (χ3v) is 5.49. The van der Waals surface area contributed by atoms with Crippen LogP contribution in [0.15, 0.2) is 0 Å². The van der Waals surface area contributed by atoms with Crippen molar-refractivity contribution in [3.63, 3.8) is 0 Å². The molecule has 2 heterocycles. The standard InChI is InChI=1S/C17H31N3O2/c1-4-15(5-2)20-11-14(10-16(20)21)17(22)19-8-6-13(7-9-19)12(3)18/h12-15H,4-11,18H2,1-3H3. The number of amides is 2. The molecule has 5 heteroatoms. The van der Waals surface area contributed by atoms with Crippen LogP contribution in [0, 0.1) is 11.8 Å².